The minimum Gasteiger partial charge on any atom is -0.383 e. The first kappa shape index (κ1) is 7.73. The second-order valence-electron chi connectivity index (χ2n) is 3.09. The van der Waals surface area contributed by atoms with Crippen molar-refractivity contribution in [3.8, 4) is 0 Å². The van der Waals surface area contributed by atoms with Gasteiger partial charge in [0.2, 0.25) is 0 Å². The van der Waals surface area contributed by atoms with Gasteiger partial charge in [0.25, 0.3) is 0 Å². The highest BCUT2D eigenvalue weighted by Crippen LogP contribution is 2.22. The Bertz CT molecular complexity index is 356. The van der Waals surface area contributed by atoms with Gasteiger partial charge in [0.1, 0.15) is 5.82 Å². The SMILES string of the molecule is Nc1nc(=S)[nH]c2c1CCCC2. The Labute approximate surface area is 76.0 Å². The number of nitrogen functional groups attached to an aromatic ring is 1. The third-order valence-electron chi connectivity index (χ3n) is 2.26. The monoisotopic (exact) mass is 181 g/mol. The van der Waals surface area contributed by atoms with E-state index >= 15 is 0 Å². The zero-order valence-corrected chi connectivity index (χ0v) is 7.58. The van der Waals surface area contributed by atoms with Gasteiger partial charge in [-0.15, -0.1) is 0 Å². The predicted octanol–water partition coefficient (Wildman–Crippen LogP) is 1.60. The normalized spacial score (nSPS) is 15.7. The van der Waals surface area contributed by atoms with Crippen LogP contribution in [0.4, 0.5) is 5.82 Å². The number of aromatic nitrogens is 2. The molecule has 0 aromatic carbocycles. The van der Waals surface area contributed by atoms with Crippen molar-refractivity contribution in [3.05, 3.63) is 16.0 Å². The fourth-order valence-electron chi connectivity index (χ4n) is 1.66. The van der Waals surface area contributed by atoms with E-state index < -0.39 is 0 Å². The lowest BCUT2D eigenvalue weighted by Crippen LogP contribution is -2.10. The van der Waals surface area contributed by atoms with E-state index in [-0.39, 0.29) is 0 Å². The fourth-order valence-corrected chi connectivity index (χ4v) is 1.88. The van der Waals surface area contributed by atoms with Crippen LogP contribution < -0.4 is 5.73 Å². The Morgan fingerprint density at radius 1 is 1.33 bits per heavy atom. The Balaban J connectivity index is 2.60. The molecule has 3 nitrogen and oxygen atoms in total. The predicted molar refractivity (Wildman–Crippen MR) is 50.5 cm³/mol. The number of nitrogens with zero attached hydrogens (tertiary/aromatic N) is 1. The quantitative estimate of drug-likeness (QED) is 0.598. The number of aryl methyl sites for hydroxylation is 1. The first-order chi connectivity index (χ1) is 5.77. The number of nitrogens with one attached hydrogen (secondary N) is 1. The van der Waals surface area contributed by atoms with Crippen molar-refractivity contribution in [2.75, 3.05) is 5.73 Å². The molecule has 1 aliphatic rings. The van der Waals surface area contributed by atoms with Gasteiger partial charge in [-0.2, -0.15) is 0 Å². The highest BCUT2D eigenvalue weighted by molar-refractivity contribution is 7.71. The molecule has 0 atom stereocenters. The van der Waals surface area contributed by atoms with E-state index in [9.17, 15) is 0 Å². The molecule has 1 aliphatic carbocycles. The summed E-state index contributed by atoms with van der Waals surface area (Å²) in [5.41, 5.74) is 8.11. The van der Waals surface area contributed by atoms with E-state index in [1.165, 1.54) is 24.1 Å². The summed E-state index contributed by atoms with van der Waals surface area (Å²) in [4.78, 5) is 7.12. The highest BCUT2D eigenvalue weighted by Gasteiger charge is 2.12. The molecule has 2 rings (SSSR count). The topological polar surface area (TPSA) is 54.7 Å². The summed E-state index contributed by atoms with van der Waals surface area (Å²) in [5, 5.41) is 0. The molecule has 0 radical (unpaired) electrons. The largest absolute Gasteiger partial charge is 0.383 e. The molecular weight excluding hydrogens is 170 g/mol. The molecule has 0 saturated heterocycles. The molecule has 4 heteroatoms. The molecule has 3 N–H and O–H groups in total. The van der Waals surface area contributed by atoms with Crippen molar-refractivity contribution in [2.45, 2.75) is 25.7 Å². The number of nitrogens with two attached hydrogens (primary N) is 1. The maximum atomic E-state index is 5.74. The van der Waals surface area contributed by atoms with Crippen LogP contribution in [0.15, 0.2) is 0 Å². The van der Waals surface area contributed by atoms with Gasteiger partial charge < -0.3 is 10.7 Å². The number of H-pyrrole nitrogens is 1. The number of hydrogen-bond donors (Lipinski definition) is 2. The van der Waals surface area contributed by atoms with Crippen LogP contribution in [-0.4, -0.2) is 9.97 Å². The van der Waals surface area contributed by atoms with Crippen LogP contribution in [0.1, 0.15) is 24.1 Å². The molecule has 0 aliphatic heterocycles. The zero-order valence-electron chi connectivity index (χ0n) is 6.76. The molecule has 0 saturated carbocycles. The lowest BCUT2D eigenvalue weighted by atomic mass is 9.97. The standard InChI is InChI=1S/C8H11N3S/c9-7-5-3-1-2-4-6(5)10-8(12)11-7/h1-4H2,(H3,9,10,11,12). The molecule has 0 amide bonds. The van der Waals surface area contributed by atoms with Crippen LogP contribution in [0.5, 0.6) is 0 Å². The Morgan fingerprint density at radius 2 is 2.08 bits per heavy atom. The second kappa shape index (κ2) is 2.86. The molecule has 1 aromatic rings. The van der Waals surface area contributed by atoms with Gasteiger partial charge in [-0.3, -0.25) is 0 Å². The van der Waals surface area contributed by atoms with Crippen LogP contribution in [0.3, 0.4) is 0 Å². The Morgan fingerprint density at radius 3 is 2.92 bits per heavy atom. The van der Waals surface area contributed by atoms with Gasteiger partial charge in [-0.25, -0.2) is 4.98 Å². The third-order valence-corrected chi connectivity index (χ3v) is 2.45. The molecule has 12 heavy (non-hydrogen) atoms. The molecule has 1 aromatic heterocycles. The van der Waals surface area contributed by atoms with Crippen LogP contribution in [0.25, 0.3) is 0 Å². The Hall–Kier alpha value is -0.900. The van der Waals surface area contributed by atoms with Crippen molar-refractivity contribution in [2.24, 2.45) is 0 Å². The number of rotatable bonds is 0. The van der Waals surface area contributed by atoms with E-state index in [0.29, 0.717) is 10.6 Å². The first-order valence-electron chi connectivity index (χ1n) is 4.15. The maximum absolute atomic E-state index is 5.74. The van der Waals surface area contributed by atoms with Crippen LogP contribution in [0, 0.1) is 4.77 Å². The van der Waals surface area contributed by atoms with Crippen LogP contribution in [0.2, 0.25) is 0 Å². The van der Waals surface area contributed by atoms with Crippen molar-refractivity contribution in [1.29, 1.82) is 0 Å². The summed E-state index contributed by atoms with van der Waals surface area (Å²) in [6.07, 6.45) is 4.54. The second-order valence-corrected chi connectivity index (χ2v) is 3.48. The number of aromatic amines is 1. The Kier molecular flexibility index (Phi) is 1.84. The molecule has 1 heterocycles. The molecule has 0 fully saturated rings. The van der Waals surface area contributed by atoms with E-state index in [2.05, 4.69) is 9.97 Å². The maximum Gasteiger partial charge on any atom is 0.198 e. The van der Waals surface area contributed by atoms with Crippen molar-refractivity contribution in [1.82, 2.24) is 9.97 Å². The summed E-state index contributed by atoms with van der Waals surface area (Å²) in [5.74, 6) is 0.619. The lowest BCUT2D eigenvalue weighted by Gasteiger charge is -2.15. The van der Waals surface area contributed by atoms with E-state index in [1.807, 2.05) is 0 Å². The summed E-state index contributed by atoms with van der Waals surface area (Å²) in [6.45, 7) is 0. The first-order valence-corrected chi connectivity index (χ1v) is 4.56. The summed E-state index contributed by atoms with van der Waals surface area (Å²) in [7, 11) is 0. The van der Waals surface area contributed by atoms with E-state index in [0.717, 1.165) is 12.8 Å². The molecule has 0 spiro atoms. The number of hydrogen-bond acceptors (Lipinski definition) is 3. The molecular formula is C8H11N3S. The lowest BCUT2D eigenvalue weighted by molar-refractivity contribution is 0.663. The average Bonchev–Trinajstić information content (AvgIpc) is 2.04. The summed E-state index contributed by atoms with van der Waals surface area (Å²) in [6, 6.07) is 0. The van der Waals surface area contributed by atoms with Crippen LogP contribution >= 0.6 is 12.2 Å². The van der Waals surface area contributed by atoms with Gasteiger partial charge in [-0.1, -0.05) is 0 Å². The van der Waals surface area contributed by atoms with Gasteiger partial charge in [0.15, 0.2) is 4.77 Å². The molecule has 0 unspecified atom stereocenters. The highest BCUT2D eigenvalue weighted by atomic mass is 32.1. The number of anilines is 1. The molecule has 64 valence electrons. The van der Waals surface area contributed by atoms with Gasteiger partial charge in [-0.05, 0) is 37.9 Å². The smallest absolute Gasteiger partial charge is 0.198 e. The molecule has 0 bridgehead atoms. The van der Waals surface area contributed by atoms with Crippen molar-refractivity contribution >= 4 is 18.0 Å². The fraction of sp³-hybridized carbons (Fsp3) is 0.500. The minimum absolute atomic E-state index is 0.508. The van der Waals surface area contributed by atoms with Gasteiger partial charge in [0, 0.05) is 11.3 Å². The summed E-state index contributed by atoms with van der Waals surface area (Å²) < 4.78 is 0.508. The van der Waals surface area contributed by atoms with E-state index in [1.54, 1.807) is 0 Å². The summed E-state index contributed by atoms with van der Waals surface area (Å²) >= 11 is 4.94. The third kappa shape index (κ3) is 1.22. The van der Waals surface area contributed by atoms with Crippen LogP contribution in [-0.2, 0) is 12.8 Å². The van der Waals surface area contributed by atoms with E-state index in [4.69, 9.17) is 18.0 Å². The van der Waals surface area contributed by atoms with Gasteiger partial charge in [0.05, 0.1) is 0 Å². The number of fused-ring (bicyclic) bond motifs is 1. The minimum atomic E-state index is 0.508. The van der Waals surface area contributed by atoms with Gasteiger partial charge >= 0.3 is 0 Å². The average molecular weight is 181 g/mol. The van der Waals surface area contributed by atoms with Crippen molar-refractivity contribution < 1.29 is 0 Å². The van der Waals surface area contributed by atoms with Crippen molar-refractivity contribution in [3.63, 3.8) is 0 Å². The zero-order chi connectivity index (χ0) is 8.55.